The summed E-state index contributed by atoms with van der Waals surface area (Å²) in [6.45, 7) is 6.19. The van der Waals surface area contributed by atoms with Gasteiger partial charge in [0.15, 0.2) is 0 Å². The Balaban J connectivity index is 0.978. The molecule has 3 heterocycles. The highest BCUT2D eigenvalue weighted by atomic mass is 16.5. The van der Waals surface area contributed by atoms with Gasteiger partial charge in [-0.2, -0.15) is 0 Å². The van der Waals surface area contributed by atoms with E-state index in [2.05, 4.69) is 118 Å². The molecule has 3 aliphatic rings. The lowest BCUT2D eigenvalue weighted by molar-refractivity contribution is 0.0970. The highest BCUT2D eigenvalue weighted by Crippen LogP contribution is 2.45. The fraction of sp³-hybridized carbons (Fsp3) is 0.417. The number of aromatic nitrogens is 3. The molecule has 2 bridgehead atoms. The van der Waals surface area contributed by atoms with Crippen LogP contribution in [0.3, 0.4) is 0 Å². The number of hydrogen-bond acceptors (Lipinski definition) is 5. The maximum atomic E-state index is 12.8. The Morgan fingerprint density at radius 2 is 1.49 bits per heavy atom. The smallest absolute Gasteiger partial charge is 0.407 e. The third-order valence-electron chi connectivity index (χ3n) is 9.70. The predicted octanol–water partition coefficient (Wildman–Crippen LogP) is 6.85. The standard InChI is InChI=1S/C36H41N5O2/c1-24(2)35-39-38-34(41(35)28-20-26-16-17-27(21-28)40(26)22-25-10-4-3-5-11-25)18-19-37-36(42)43-23-33-31-14-8-6-12-29(31)30-13-7-9-15-32(30)33/h3-15,24,26-28,33H,16-23H2,1-2H3,(H,37,42). The summed E-state index contributed by atoms with van der Waals surface area (Å²) in [6.07, 6.45) is 4.99. The number of ether oxygens (including phenoxy) is 1. The number of benzene rings is 3. The predicted molar refractivity (Wildman–Crippen MR) is 168 cm³/mol. The van der Waals surface area contributed by atoms with Crippen molar-refractivity contribution in [1.82, 2.24) is 25.0 Å². The molecule has 7 rings (SSSR count). The van der Waals surface area contributed by atoms with Crippen LogP contribution in [0.25, 0.3) is 11.1 Å². The molecule has 43 heavy (non-hydrogen) atoms. The highest BCUT2D eigenvalue weighted by molar-refractivity contribution is 5.79. The lowest BCUT2D eigenvalue weighted by atomic mass is 9.95. The van der Waals surface area contributed by atoms with E-state index in [4.69, 9.17) is 4.74 Å². The van der Waals surface area contributed by atoms with E-state index in [0.717, 1.165) is 31.0 Å². The van der Waals surface area contributed by atoms with E-state index in [9.17, 15) is 4.79 Å². The van der Waals surface area contributed by atoms with Crippen molar-refractivity contribution in [3.63, 3.8) is 0 Å². The van der Waals surface area contributed by atoms with Crippen LogP contribution < -0.4 is 5.32 Å². The lowest BCUT2D eigenvalue weighted by Crippen LogP contribution is -2.43. The molecule has 1 N–H and O–H groups in total. The Morgan fingerprint density at radius 3 is 2.14 bits per heavy atom. The zero-order valence-electron chi connectivity index (χ0n) is 25.2. The summed E-state index contributed by atoms with van der Waals surface area (Å²) in [5.74, 6) is 2.36. The van der Waals surface area contributed by atoms with E-state index in [0.29, 0.717) is 37.7 Å². The average molecular weight is 576 g/mol. The zero-order chi connectivity index (χ0) is 29.3. The first-order chi connectivity index (χ1) is 21.1. The monoisotopic (exact) mass is 575 g/mol. The molecule has 222 valence electrons. The van der Waals surface area contributed by atoms with Crippen LogP contribution in [0.2, 0.25) is 0 Å². The average Bonchev–Trinajstić information content (AvgIpc) is 3.66. The molecule has 0 radical (unpaired) electrons. The van der Waals surface area contributed by atoms with E-state index < -0.39 is 0 Å². The quantitative estimate of drug-likeness (QED) is 0.236. The van der Waals surface area contributed by atoms with Gasteiger partial charge >= 0.3 is 6.09 Å². The minimum atomic E-state index is -0.385. The Bertz CT molecular complexity index is 1520. The number of rotatable bonds is 9. The second-order valence-electron chi connectivity index (χ2n) is 12.7. The molecular formula is C36H41N5O2. The molecule has 7 nitrogen and oxygen atoms in total. The summed E-state index contributed by atoms with van der Waals surface area (Å²) >= 11 is 0. The number of carbonyl (C=O) groups is 1. The zero-order valence-corrected chi connectivity index (χ0v) is 25.2. The summed E-state index contributed by atoms with van der Waals surface area (Å²) in [5, 5.41) is 12.3. The molecule has 2 unspecified atom stereocenters. The van der Waals surface area contributed by atoms with Crippen LogP contribution in [0, 0.1) is 0 Å². The van der Waals surface area contributed by atoms with Crippen LogP contribution >= 0.6 is 0 Å². The van der Waals surface area contributed by atoms with Crippen molar-refractivity contribution in [3.8, 4) is 11.1 Å². The molecule has 2 atom stereocenters. The molecule has 1 aromatic heterocycles. The molecule has 0 saturated carbocycles. The number of piperidine rings is 1. The molecule has 0 spiro atoms. The fourth-order valence-electron chi connectivity index (χ4n) is 7.73. The van der Waals surface area contributed by atoms with E-state index in [1.165, 1.54) is 40.7 Å². The topological polar surface area (TPSA) is 72.3 Å². The minimum Gasteiger partial charge on any atom is -0.449 e. The van der Waals surface area contributed by atoms with Gasteiger partial charge in [-0.05, 0) is 53.5 Å². The number of nitrogens with one attached hydrogen (secondary N) is 1. The lowest BCUT2D eigenvalue weighted by Gasteiger charge is -2.40. The minimum absolute atomic E-state index is 0.0537. The van der Waals surface area contributed by atoms with Gasteiger partial charge in [-0.1, -0.05) is 92.7 Å². The van der Waals surface area contributed by atoms with Crippen molar-refractivity contribution < 1.29 is 9.53 Å². The second kappa shape index (κ2) is 12.0. The third kappa shape index (κ3) is 5.47. The van der Waals surface area contributed by atoms with Crippen molar-refractivity contribution in [2.75, 3.05) is 13.2 Å². The van der Waals surface area contributed by atoms with E-state index in [-0.39, 0.29) is 17.9 Å². The Morgan fingerprint density at radius 1 is 0.860 bits per heavy atom. The van der Waals surface area contributed by atoms with Gasteiger partial charge in [-0.15, -0.1) is 10.2 Å². The molecule has 2 saturated heterocycles. The fourth-order valence-corrected chi connectivity index (χ4v) is 7.73. The summed E-state index contributed by atoms with van der Waals surface area (Å²) in [6, 6.07) is 29.2. The Hall–Kier alpha value is -3.97. The van der Waals surface area contributed by atoms with E-state index in [1.807, 2.05) is 0 Å². The normalized spacial score (nSPS) is 21.1. The van der Waals surface area contributed by atoms with E-state index in [1.54, 1.807) is 0 Å². The Labute approximate surface area is 254 Å². The van der Waals surface area contributed by atoms with Crippen LogP contribution in [-0.4, -0.2) is 51.0 Å². The van der Waals surface area contributed by atoms with Crippen LogP contribution in [0.15, 0.2) is 78.9 Å². The van der Waals surface area contributed by atoms with Gasteiger partial charge in [-0.3, -0.25) is 4.90 Å². The molecular weight excluding hydrogens is 534 g/mol. The first-order valence-corrected chi connectivity index (χ1v) is 15.9. The van der Waals surface area contributed by atoms with Gasteiger partial charge in [0, 0.05) is 49.5 Å². The molecule has 1 amide bonds. The van der Waals surface area contributed by atoms with Crippen LogP contribution in [0.1, 0.15) is 85.7 Å². The number of nitrogens with zero attached hydrogens (tertiary/aromatic N) is 4. The number of hydrogen-bond donors (Lipinski definition) is 1. The summed E-state index contributed by atoms with van der Waals surface area (Å²) < 4.78 is 8.18. The highest BCUT2D eigenvalue weighted by Gasteiger charge is 2.42. The van der Waals surface area contributed by atoms with Crippen LogP contribution in [-0.2, 0) is 17.7 Å². The van der Waals surface area contributed by atoms with Gasteiger partial charge in [0.25, 0.3) is 0 Å². The first-order valence-electron chi connectivity index (χ1n) is 15.9. The van der Waals surface area contributed by atoms with Crippen molar-refractivity contribution in [2.24, 2.45) is 0 Å². The van der Waals surface area contributed by atoms with Crippen molar-refractivity contribution in [3.05, 3.63) is 107 Å². The molecule has 7 heteroatoms. The summed E-state index contributed by atoms with van der Waals surface area (Å²) in [5.41, 5.74) is 6.28. The number of alkyl carbamates (subject to hydrolysis) is 1. The number of fused-ring (bicyclic) bond motifs is 5. The largest absolute Gasteiger partial charge is 0.449 e. The SMILES string of the molecule is CC(C)c1nnc(CCNC(=O)OCC2c3ccccc3-c3ccccc32)n1C1CC2CCC(C1)N2Cc1ccccc1. The number of amides is 1. The van der Waals surface area contributed by atoms with Crippen molar-refractivity contribution in [1.29, 1.82) is 0 Å². The molecule has 4 aromatic rings. The van der Waals surface area contributed by atoms with Crippen LogP contribution in [0.4, 0.5) is 4.79 Å². The summed E-state index contributed by atoms with van der Waals surface area (Å²) in [4.78, 5) is 15.5. The first kappa shape index (κ1) is 27.8. The Kier molecular flexibility index (Phi) is 7.74. The van der Waals surface area contributed by atoms with Gasteiger partial charge in [-0.25, -0.2) is 4.79 Å². The third-order valence-corrected chi connectivity index (χ3v) is 9.70. The van der Waals surface area contributed by atoms with E-state index >= 15 is 0 Å². The summed E-state index contributed by atoms with van der Waals surface area (Å²) in [7, 11) is 0. The second-order valence-corrected chi connectivity index (χ2v) is 12.7. The molecule has 2 aliphatic heterocycles. The van der Waals surface area contributed by atoms with Crippen LogP contribution in [0.5, 0.6) is 0 Å². The van der Waals surface area contributed by atoms with Crippen molar-refractivity contribution >= 4 is 6.09 Å². The van der Waals surface area contributed by atoms with Gasteiger partial charge in [0.2, 0.25) is 0 Å². The maximum Gasteiger partial charge on any atom is 0.407 e. The molecule has 1 aliphatic carbocycles. The van der Waals surface area contributed by atoms with Gasteiger partial charge in [0.1, 0.15) is 18.3 Å². The number of carbonyl (C=O) groups excluding carboxylic acids is 1. The van der Waals surface area contributed by atoms with Gasteiger partial charge in [0.05, 0.1) is 0 Å². The maximum absolute atomic E-state index is 12.8. The molecule has 3 aromatic carbocycles. The van der Waals surface area contributed by atoms with Crippen molar-refractivity contribution in [2.45, 2.75) is 82.5 Å². The molecule has 2 fully saturated rings. The van der Waals surface area contributed by atoms with Gasteiger partial charge < -0.3 is 14.6 Å².